The largest absolute Gasteiger partial charge is 0.461 e. The van der Waals surface area contributed by atoms with E-state index in [1.165, 1.54) is 17.4 Å². The predicted octanol–water partition coefficient (Wildman–Crippen LogP) is 3.59. The molecule has 1 fully saturated rings. The Labute approximate surface area is 132 Å². The highest BCUT2D eigenvalue weighted by Crippen LogP contribution is 2.33. The smallest absolute Gasteiger partial charge is 0.134 e. The molecule has 3 rings (SSSR count). The number of aryl methyl sites for hydroxylation is 1. The number of benzene rings is 1. The van der Waals surface area contributed by atoms with E-state index < -0.39 is 0 Å². The molecule has 1 aromatic carbocycles. The van der Waals surface area contributed by atoms with Crippen molar-refractivity contribution in [2.75, 3.05) is 19.6 Å². The van der Waals surface area contributed by atoms with Gasteiger partial charge in [-0.3, -0.25) is 4.90 Å². The number of likely N-dealkylation sites (tertiary alicyclic amines) is 1. The Morgan fingerprint density at radius 3 is 2.76 bits per heavy atom. The summed E-state index contributed by atoms with van der Waals surface area (Å²) in [4.78, 5) is 2.52. The van der Waals surface area contributed by atoms with Crippen molar-refractivity contribution in [2.24, 2.45) is 11.1 Å². The van der Waals surface area contributed by atoms with Crippen LogP contribution in [0.1, 0.15) is 31.6 Å². The van der Waals surface area contributed by atoms with Crippen LogP contribution < -0.4 is 5.73 Å². The van der Waals surface area contributed by atoms with Gasteiger partial charge in [0.2, 0.25) is 0 Å². The fraction of sp³-hybridized carbons (Fsp3) is 0.529. The van der Waals surface area contributed by atoms with Gasteiger partial charge in [0.25, 0.3) is 0 Å². The lowest BCUT2D eigenvalue weighted by Crippen LogP contribution is -2.31. The summed E-state index contributed by atoms with van der Waals surface area (Å²) in [5, 5.41) is 1.27. The molecule has 0 amide bonds. The molecule has 0 aliphatic carbocycles. The third kappa shape index (κ3) is 3.10. The monoisotopic (exact) mass is 308 g/mol. The van der Waals surface area contributed by atoms with Crippen molar-refractivity contribution >= 4 is 23.4 Å². The van der Waals surface area contributed by atoms with E-state index in [4.69, 9.17) is 10.2 Å². The van der Waals surface area contributed by atoms with Gasteiger partial charge in [-0.15, -0.1) is 12.4 Å². The first-order chi connectivity index (χ1) is 9.65. The van der Waals surface area contributed by atoms with E-state index in [0.717, 1.165) is 43.9 Å². The van der Waals surface area contributed by atoms with Gasteiger partial charge in [-0.05, 0) is 31.0 Å². The van der Waals surface area contributed by atoms with E-state index >= 15 is 0 Å². The van der Waals surface area contributed by atoms with Crippen molar-refractivity contribution in [3.05, 3.63) is 35.6 Å². The van der Waals surface area contributed by atoms with Crippen molar-refractivity contribution in [2.45, 2.75) is 33.2 Å². The molecule has 1 unspecified atom stereocenters. The molecule has 116 valence electrons. The first-order valence-corrected chi connectivity index (χ1v) is 7.57. The maximum atomic E-state index is 5.99. The summed E-state index contributed by atoms with van der Waals surface area (Å²) < 4.78 is 5.99. The fourth-order valence-electron chi connectivity index (χ4n) is 3.26. The second-order valence-corrected chi connectivity index (χ2v) is 6.33. The molecule has 3 nitrogen and oxygen atoms in total. The summed E-state index contributed by atoms with van der Waals surface area (Å²) in [7, 11) is 0. The molecule has 0 spiro atoms. The Bertz CT molecular complexity index is 610. The Morgan fingerprint density at radius 1 is 1.33 bits per heavy atom. The van der Waals surface area contributed by atoms with Gasteiger partial charge in [0.15, 0.2) is 0 Å². The van der Waals surface area contributed by atoms with Crippen LogP contribution in [0.2, 0.25) is 0 Å². The van der Waals surface area contributed by atoms with Crippen molar-refractivity contribution in [3.63, 3.8) is 0 Å². The third-order valence-electron chi connectivity index (χ3n) is 4.61. The second-order valence-electron chi connectivity index (χ2n) is 6.33. The molecule has 1 aliphatic rings. The maximum absolute atomic E-state index is 5.99. The number of hydrogen-bond donors (Lipinski definition) is 1. The Morgan fingerprint density at radius 2 is 2.10 bits per heavy atom. The molecule has 4 heteroatoms. The van der Waals surface area contributed by atoms with Crippen LogP contribution in [-0.2, 0) is 13.0 Å². The van der Waals surface area contributed by atoms with E-state index in [9.17, 15) is 0 Å². The first-order valence-electron chi connectivity index (χ1n) is 7.57. The van der Waals surface area contributed by atoms with Gasteiger partial charge in [0, 0.05) is 30.5 Å². The predicted molar refractivity (Wildman–Crippen MR) is 89.9 cm³/mol. The van der Waals surface area contributed by atoms with Gasteiger partial charge in [-0.1, -0.05) is 32.0 Å². The van der Waals surface area contributed by atoms with Gasteiger partial charge in [-0.25, -0.2) is 0 Å². The molecule has 0 bridgehead atoms. The van der Waals surface area contributed by atoms with Crippen molar-refractivity contribution in [1.29, 1.82) is 0 Å². The van der Waals surface area contributed by atoms with Crippen LogP contribution in [0.3, 0.4) is 0 Å². The number of hydrogen-bond acceptors (Lipinski definition) is 3. The minimum atomic E-state index is 0. The Balaban J connectivity index is 0.00000161. The van der Waals surface area contributed by atoms with Gasteiger partial charge in [0.1, 0.15) is 11.3 Å². The summed E-state index contributed by atoms with van der Waals surface area (Å²) in [5.41, 5.74) is 8.57. The topological polar surface area (TPSA) is 42.4 Å². The molecule has 1 atom stereocenters. The van der Waals surface area contributed by atoms with Crippen molar-refractivity contribution < 1.29 is 4.42 Å². The van der Waals surface area contributed by atoms with Crippen molar-refractivity contribution in [3.8, 4) is 0 Å². The quantitative estimate of drug-likeness (QED) is 0.938. The number of furan rings is 1. The van der Waals surface area contributed by atoms with Gasteiger partial charge in [-0.2, -0.15) is 0 Å². The zero-order valence-corrected chi connectivity index (χ0v) is 13.7. The van der Waals surface area contributed by atoms with E-state index in [1.807, 2.05) is 6.07 Å². The summed E-state index contributed by atoms with van der Waals surface area (Å²) in [5.74, 6) is 1.13. The fourth-order valence-corrected chi connectivity index (χ4v) is 3.26. The average Bonchev–Trinajstić information content (AvgIpc) is 3.02. The highest BCUT2D eigenvalue weighted by molar-refractivity contribution is 5.85. The average molecular weight is 309 g/mol. The molecule has 2 N–H and O–H groups in total. The van der Waals surface area contributed by atoms with E-state index in [-0.39, 0.29) is 17.8 Å². The Hall–Kier alpha value is -1.03. The molecule has 2 aromatic rings. The standard InChI is InChI=1S/C17H24N2O.ClH/c1-3-15-14(13-6-4-5-7-16(13)20-15)10-19-9-8-17(2,11-18)12-19;/h4-7H,3,8-12,18H2,1-2H3;1H. The first kappa shape index (κ1) is 16.3. The van der Waals surface area contributed by atoms with Gasteiger partial charge < -0.3 is 10.2 Å². The molecule has 1 aliphatic heterocycles. The summed E-state index contributed by atoms with van der Waals surface area (Å²) >= 11 is 0. The molecule has 21 heavy (non-hydrogen) atoms. The van der Waals surface area contributed by atoms with Crippen LogP contribution in [0.25, 0.3) is 11.0 Å². The SMILES string of the molecule is CCc1oc2ccccc2c1CN1CCC(C)(CN)C1.Cl. The van der Waals surface area contributed by atoms with Crippen LogP contribution in [-0.4, -0.2) is 24.5 Å². The summed E-state index contributed by atoms with van der Waals surface area (Å²) in [6.45, 7) is 8.44. The molecule has 2 heterocycles. The van der Waals surface area contributed by atoms with Crippen LogP contribution in [0.15, 0.2) is 28.7 Å². The number of para-hydroxylation sites is 1. The molecule has 0 radical (unpaired) electrons. The van der Waals surface area contributed by atoms with Crippen molar-refractivity contribution in [1.82, 2.24) is 4.90 Å². The summed E-state index contributed by atoms with van der Waals surface area (Å²) in [6.07, 6.45) is 2.15. The number of nitrogens with zero attached hydrogens (tertiary/aromatic N) is 1. The normalized spacial score (nSPS) is 22.6. The molecular weight excluding hydrogens is 284 g/mol. The zero-order chi connectivity index (χ0) is 14.2. The molecular formula is C17H25ClN2O. The lowest BCUT2D eigenvalue weighted by Gasteiger charge is -2.22. The van der Waals surface area contributed by atoms with E-state index in [1.54, 1.807) is 0 Å². The number of fused-ring (bicyclic) bond motifs is 1. The lowest BCUT2D eigenvalue weighted by atomic mass is 9.90. The molecule has 1 aromatic heterocycles. The van der Waals surface area contributed by atoms with E-state index in [0.29, 0.717) is 0 Å². The zero-order valence-electron chi connectivity index (χ0n) is 12.9. The third-order valence-corrected chi connectivity index (χ3v) is 4.61. The van der Waals surface area contributed by atoms with Crippen LogP contribution in [0, 0.1) is 5.41 Å². The number of rotatable bonds is 4. The van der Waals surface area contributed by atoms with Crippen LogP contribution >= 0.6 is 12.4 Å². The number of halogens is 1. The highest BCUT2D eigenvalue weighted by atomic mass is 35.5. The number of nitrogens with two attached hydrogens (primary N) is 1. The van der Waals surface area contributed by atoms with Crippen LogP contribution in [0.4, 0.5) is 0 Å². The second kappa shape index (κ2) is 6.39. The van der Waals surface area contributed by atoms with E-state index in [2.05, 4.69) is 36.9 Å². The maximum Gasteiger partial charge on any atom is 0.134 e. The highest BCUT2D eigenvalue weighted by Gasteiger charge is 2.33. The molecule has 1 saturated heterocycles. The minimum Gasteiger partial charge on any atom is -0.461 e. The van der Waals surface area contributed by atoms with Crippen LogP contribution in [0.5, 0.6) is 0 Å². The lowest BCUT2D eigenvalue weighted by molar-refractivity contribution is 0.273. The minimum absolute atomic E-state index is 0. The van der Waals surface area contributed by atoms with Gasteiger partial charge in [0.05, 0.1) is 0 Å². The Kier molecular flexibility index (Phi) is 4.97. The summed E-state index contributed by atoms with van der Waals surface area (Å²) in [6, 6.07) is 8.36. The molecule has 0 saturated carbocycles. The van der Waals surface area contributed by atoms with Gasteiger partial charge >= 0.3 is 0 Å².